The summed E-state index contributed by atoms with van der Waals surface area (Å²) in [6.07, 6.45) is -0.489. The van der Waals surface area contributed by atoms with Crippen molar-refractivity contribution in [2.75, 3.05) is 26.2 Å². The van der Waals surface area contributed by atoms with Crippen LogP contribution in [-0.4, -0.2) is 66.0 Å². The fourth-order valence-electron chi connectivity index (χ4n) is 3.76. The molecule has 0 aromatic heterocycles. The lowest BCUT2D eigenvalue weighted by Gasteiger charge is -2.44. The average molecular weight is 423 g/mol. The second-order valence-electron chi connectivity index (χ2n) is 7.60. The Morgan fingerprint density at radius 2 is 1.58 bits per heavy atom. The van der Waals surface area contributed by atoms with Crippen molar-refractivity contribution in [2.24, 2.45) is 0 Å². The third kappa shape index (κ3) is 5.03. The number of hydrogen-bond donors (Lipinski definition) is 1. The van der Waals surface area contributed by atoms with Crippen molar-refractivity contribution in [3.8, 4) is 0 Å². The summed E-state index contributed by atoms with van der Waals surface area (Å²) >= 11 is 0. The van der Waals surface area contributed by atoms with Crippen LogP contribution in [0.15, 0.2) is 60.7 Å². The zero-order valence-corrected chi connectivity index (χ0v) is 17.1. The summed E-state index contributed by atoms with van der Waals surface area (Å²) in [5.74, 6) is -0.469. The van der Waals surface area contributed by atoms with Crippen LogP contribution in [0.25, 0.3) is 0 Å². The van der Waals surface area contributed by atoms with Gasteiger partial charge in [0.05, 0.1) is 19.8 Å². The van der Waals surface area contributed by atoms with Crippen LogP contribution in [0.3, 0.4) is 0 Å². The number of rotatable bonds is 6. The highest BCUT2D eigenvalue weighted by Gasteiger charge is 2.44. The molecule has 2 heterocycles. The molecule has 0 radical (unpaired) electrons. The molecule has 1 N–H and O–H groups in total. The molecule has 162 valence electrons. The quantitative estimate of drug-likeness (QED) is 0.762. The van der Waals surface area contributed by atoms with Gasteiger partial charge in [0.2, 0.25) is 11.8 Å². The standard InChI is InChI=1S/C23H25N3O5/c27-21-20-13-25(23(29)31-15-18-9-5-2-6-10-18)11-12-26(20)22(28)19(24-21)16-30-14-17-7-3-1-4-8-17/h1-10,19-20H,11-16H2,(H,24,27)/t19-,20+/m0/s1. The molecule has 2 aromatic carbocycles. The molecular formula is C23H25N3O5. The van der Waals surface area contributed by atoms with Crippen molar-refractivity contribution in [3.05, 3.63) is 71.8 Å². The molecule has 2 fully saturated rings. The van der Waals surface area contributed by atoms with Crippen LogP contribution in [0.4, 0.5) is 4.79 Å². The van der Waals surface area contributed by atoms with Crippen LogP contribution in [0, 0.1) is 0 Å². The second-order valence-corrected chi connectivity index (χ2v) is 7.60. The summed E-state index contributed by atoms with van der Waals surface area (Å²) in [6, 6.07) is 17.6. The summed E-state index contributed by atoms with van der Waals surface area (Å²) in [5, 5.41) is 2.74. The maximum absolute atomic E-state index is 12.8. The number of carbonyl (C=O) groups excluding carboxylic acids is 3. The zero-order chi connectivity index (χ0) is 21.6. The topological polar surface area (TPSA) is 88.2 Å². The van der Waals surface area contributed by atoms with Gasteiger partial charge in [-0.3, -0.25) is 9.59 Å². The Morgan fingerprint density at radius 1 is 0.935 bits per heavy atom. The third-order valence-corrected chi connectivity index (χ3v) is 5.44. The maximum Gasteiger partial charge on any atom is 0.410 e. The fraction of sp³-hybridized carbons (Fsp3) is 0.348. The van der Waals surface area contributed by atoms with Gasteiger partial charge in [-0.25, -0.2) is 4.79 Å². The number of nitrogens with one attached hydrogen (secondary N) is 1. The predicted octanol–water partition coefficient (Wildman–Crippen LogP) is 1.55. The van der Waals surface area contributed by atoms with Gasteiger partial charge < -0.3 is 24.6 Å². The summed E-state index contributed by atoms with van der Waals surface area (Å²) in [5.41, 5.74) is 1.89. The van der Waals surface area contributed by atoms with Gasteiger partial charge in [-0.05, 0) is 11.1 Å². The molecule has 4 rings (SSSR count). The van der Waals surface area contributed by atoms with E-state index in [1.54, 1.807) is 0 Å². The minimum Gasteiger partial charge on any atom is -0.445 e. The Morgan fingerprint density at radius 3 is 2.26 bits per heavy atom. The minimum atomic E-state index is -0.718. The first kappa shape index (κ1) is 20.9. The molecule has 2 aromatic rings. The maximum atomic E-state index is 12.8. The number of nitrogens with zero attached hydrogens (tertiary/aromatic N) is 2. The molecule has 0 unspecified atom stereocenters. The molecule has 2 aliphatic rings. The smallest absolute Gasteiger partial charge is 0.410 e. The normalized spacial score (nSPS) is 20.8. The molecule has 0 spiro atoms. The number of piperazine rings is 2. The molecule has 0 bridgehead atoms. The van der Waals surface area contributed by atoms with E-state index in [-0.39, 0.29) is 38.1 Å². The van der Waals surface area contributed by atoms with Crippen molar-refractivity contribution in [1.29, 1.82) is 0 Å². The number of hydrogen-bond acceptors (Lipinski definition) is 5. The van der Waals surface area contributed by atoms with E-state index < -0.39 is 18.2 Å². The number of carbonyl (C=O) groups is 3. The predicted molar refractivity (Wildman–Crippen MR) is 112 cm³/mol. The SMILES string of the molecule is O=C1N[C@@H](COCc2ccccc2)C(=O)N2CCN(C(=O)OCc3ccccc3)C[C@H]12. The molecule has 2 saturated heterocycles. The van der Waals surface area contributed by atoms with Crippen molar-refractivity contribution in [1.82, 2.24) is 15.1 Å². The zero-order valence-electron chi connectivity index (χ0n) is 17.1. The molecule has 0 saturated carbocycles. The molecule has 8 heteroatoms. The summed E-state index contributed by atoms with van der Waals surface area (Å²) in [6.45, 7) is 1.35. The lowest BCUT2D eigenvalue weighted by Crippen LogP contribution is -2.70. The lowest BCUT2D eigenvalue weighted by molar-refractivity contribution is -0.154. The van der Waals surface area contributed by atoms with Crippen molar-refractivity contribution in [3.63, 3.8) is 0 Å². The van der Waals surface area contributed by atoms with E-state index in [0.29, 0.717) is 13.2 Å². The number of ether oxygens (including phenoxy) is 2. The lowest BCUT2D eigenvalue weighted by atomic mass is 10.0. The monoisotopic (exact) mass is 423 g/mol. The van der Waals surface area contributed by atoms with Crippen molar-refractivity contribution >= 4 is 17.9 Å². The van der Waals surface area contributed by atoms with E-state index in [1.165, 1.54) is 9.80 Å². The highest BCUT2D eigenvalue weighted by molar-refractivity contribution is 5.97. The van der Waals surface area contributed by atoms with Crippen LogP contribution in [-0.2, 0) is 32.3 Å². The van der Waals surface area contributed by atoms with Crippen LogP contribution in [0.1, 0.15) is 11.1 Å². The average Bonchev–Trinajstić information content (AvgIpc) is 2.81. The van der Waals surface area contributed by atoms with Gasteiger partial charge in [0, 0.05) is 13.1 Å². The second kappa shape index (κ2) is 9.61. The first-order valence-electron chi connectivity index (χ1n) is 10.3. The molecule has 2 aliphatic heterocycles. The van der Waals surface area contributed by atoms with E-state index in [2.05, 4.69) is 5.32 Å². The van der Waals surface area contributed by atoms with Crippen molar-refractivity contribution < 1.29 is 23.9 Å². The Kier molecular flexibility index (Phi) is 6.47. The number of benzene rings is 2. The van der Waals surface area contributed by atoms with E-state index in [4.69, 9.17) is 9.47 Å². The highest BCUT2D eigenvalue weighted by Crippen LogP contribution is 2.18. The molecule has 2 atom stereocenters. The van der Waals surface area contributed by atoms with Crippen molar-refractivity contribution in [2.45, 2.75) is 25.3 Å². The van der Waals surface area contributed by atoms with Crippen LogP contribution in [0.2, 0.25) is 0 Å². The van der Waals surface area contributed by atoms with Gasteiger partial charge in [-0.2, -0.15) is 0 Å². The van der Waals surface area contributed by atoms with Gasteiger partial charge in [0.25, 0.3) is 0 Å². The highest BCUT2D eigenvalue weighted by atomic mass is 16.6. The summed E-state index contributed by atoms with van der Waals surface area (Å²) < 4.78 is 11.0. The van der Waals surface area contributed by atoms with Gasteiger partial charge in [0.1, 0.15) is 18.7 Å². The molecule has 0 aliphatic carbocycles. The molecule has 31 heavy (non-hydrogen) atoms. The Hall–Kier alpha value is -3.39. The molecular weight excluding hydrogens is 398 g/mol. The number of fused-ring (bicyclic) bond motifs is 1. The Labute approximate surface area is 180 Å². The largest absolute Gasteiger partial charge is 0.445 e. The van der Waals surface area contributed by atoms with E-state index in [0.717, 1.165) is 11.1 Å². The van der Waals surface area contributed by atoms with Crippen LogP contribution < -0.4 is 5.32 Å². The Balaban J connectivity index is 1.28. The third-order valence-electron chi connectivity index (χ3n) is 5.44. The first-order chi connectivity index (χ1) is 15.1. The fourth-order valence-corrected chi connectivity index (χ4v) is 3.76. The van der Waals surface area contributed by atoms with Crippen LogP contribution in [0.5, 0.6) is 0 Å². The van der Waals surface area contributed by atoms with Gasteiger partial charge in [0.15, 0.2) is 0 Å². The van der Waals surface area contributed by atoms with E-state index in [9.17, 15) is 14.4 Å². The summed E-state index contributed by atoms with van der Waals surface area (Å²) in [7, 11) is 0. The molecule has 8 nitrogen and oxygen atoms in total. The first-order valence-corrected chi connectivity index (χ1v) is 10.3. The molecule has 3 amide bonds. The minimum absolute atomic E-state index is 0.103. The Bertz CT molecular complexity index is 921. The van der Waals surface area contributed by atoms with Crippen LogP contribution >= 0.6 is 0 Å². The number of amides is 3. The summed E-state index contributed by atoms with van der Waals surface area (Å²) in [4.78, 5) is 40.9. The van der Waals surface area contributed by atoms with E-state index in [1.807, 2.05) is 60.7 Å². The van der Waals surface area contributed by atoms with E-state index >= 15 is 0 Å². The van der Waals surface area contributed by atoms with Gasteiger partial charge in [-0.1, -0.05) is 60.7 Å². The van der Waals surface area contributed by atoms with Gasteiger partial charge >= 0.3 is 6.09 Å². The van der Waals surface area contributed by atoms with Gasteiger partial charge in [-0.15, -0.1) is 0 Å².